The van der Waals surface area contributed by atoms with E-state index in [1.54, 1.807) is 7.11 Å². The van der Waals surface area contributed by atoms with Gasteiger partial charge in [0.25, 0.3) is 0 Å². The molecule has 1 rings (SSSR count). The van der Waals surface area contributed by atoms with Gasteiger partial charge in [-0.15, -0.1) is 0 Å². The molecule has 1 fully saturated rings. The molecule has 0 aromatic heterocycles. The summed E-state index contributed by atoms with van der Waals surface area (Å²) in [6.07, 6.45) is 1.98. The molecule has 90 valence electrons. The van der Waals surface area contributed by atoms with E-state index in [0.29, 0.717) is 24.8 Å². The second-order valence-corrected chi connectivity index (χ2v) is 4.52. The van der Waals surface area contributed by atoms with Crippen LogP contribution in [0.15, 0.2) is 17.1 Å². The molecular formula is C13H22N2O. The fraction of sp³-hybridized carbons (Fsp3) is 0.692. The molecule has 0 aliphatic heterocycles. The third-order valence-corrected chi connectivity index (χ3v) is 3.29. The zero-order chi connectivity index (χ0) is 12.1. The average Bonchev–Trinajstić information content (AvgIpc) is 2.24. The van der Waals surface area contributed by atoms with Crippen molar-refractivity contribution in [3.63, 3.8) is 0 Å². The van der Waals surface area contributed by atoms with E-state index in [-0.39, 0.29) is 5.92 Å². The van der Waals surface area contributed by atoms with E-state index < -0.39 is 0 Å². The summed E-state index contributed by atoms with van der Waals surface area (Å²) in [7, 11) is 1.67. The zero-order valence-corrected chi connectivity index (χ0v) is 10.5. The van der Waals surface area contributed by atoms with Crippen molar-refractivity contribution in [1.29, 1.82) is 5.41 Å². The third-order valence-electron chi connectivity index (χ3n) is 3.29. The van der Waals surface area contributed by atoms with Crippen molar-refractivity contribution in [3.05, 3.63) is 12.2 Å². The van der Waals surface area contributed by atoms with Gasteiger partial charge >= 0.3 is 0 Å². The Bertz CT molecular complexity index is 307. The zero-order valence-electron chi connectivity index (χ0n) is 10.5. The van der Waals surface area contributed by atoms with E-state index in [9.17, 15) is 0 Å². The Morgan fingerprint density at radius 2 is 2.31 bits per heavy atom. The minimum atomic E-state index is 0.257. The lowest BCUT2D eigenvalue weighted by molar-refractivity contribution is 0.208. The van der Waals surface area contributed by atoms with Crippen LogP contribution in [0, 0.1) is 17.2 Å². The van der Waals surface area contributed by atoms with Crippen molar-refractivity contribution in [2.24, 2.45) is 16.8 Å². The summed E-state index contributed by atoms with van der Waals surface area (Å²) in [4.78, 5) is 4.44. The number of aliphatic imine (C=N–C) groups is 1. The molecule has 2 unspecified atom stereocenters. The molecule has 3 nitrogen and oxygen atoms in total. The highest BCUT2D eigenvalue weighted by Crippen LogP contribution is 2.30. The van der Waals surface area contributed by atoms with Crippen LogP contribution < -0.4 is 0 Å². The molecule has 0 aromatic rings. The predicted octanol–water partition coefficient (Wildman–Crippen LogP) is 2.72. The first kappa shape index (κ1) is 13.1. The lowest BCUT2D eigenvalue weighted by atomic mass is 9.75. The highest BCUT2D eigenvalue weighted by molar-refractivity contribution is 6.42. The smallest absolute Gasteiger partial charge is 0.0658 e. The van der Waals surface area contributed by atoms with E-state index in [1.807, 2.05) is 0 Å². The molecule has 0 bridgehead atoms. The molecule has 0 spiro atoms. The van der Waals surface area contributed by atoms with Gasteiger partial charge in [-0.05, 0) is 25.7 Å². The van der Waals surface area contributed by atoms with Crippen molar-refractivity contribution in [1.82, 2.24) is 0 Å². The lowest BCUT2D eigenvalue weighted by Crippen LogP contribution is -2.34. The molecule has 1 N–H and O–H groups in total. The van der Waals surface area contributed by atoms with Gasteiger partial charge in [-0.2, -0.15) is 0 Å². The van der Waals surface area contributed by atoms with Crippen LogP contribution in [0.4, 0.5) is 0 Å². The molecule has 2 atom stereocenters. The topological polar surface area (TPSA) is 45.4 Å². The Balaban J connectivity index is 2.64. The molecule has 0 radical (unpaired) electrons. The first-order chi connectivity index (χ1) is 7.57. The summed E-state index contributed by atoms with van der Waals surface area (Å²) in [5, 5.41) is 8.10. The van der Waals surface area contributed by atoms with Crippen LogP contribution in [-0.2, 0) is 4.74 Å². The van der Waals surface area contributed by atoms with Crippen LogP contribution in [0.1, 0.15) is 26.7 Å². The molecular weight excluding hydrogens is 200 g/mol. The fourth-order valence-corrected chi connectivity index (χ4v) is 2.25. The van der Waals surface area contributed by atoms with E-state index in [1.165, 1.54) is 5.57 Å². The maximum atomic E-state index is 8.10. The van der Waals surface area contributed by atoms with Gasteiger partial charge in [0.2, 0.25) is 0 Å². The number of nitrogens with zero attached hydrogens (tertiary/aromatic N) is 1. The highest BCUT2D eigenvalue weighted by atomic mass is 16.5. The summed E-state index contributed by atoms with van der Waals surface area (Å²) in [6, 6.07) is 0. The van der Waals surface area contributed by atoms with Gasteiger partial charge in [0, 0.05) is 13.0 Å². The van der Waals surface area contributed by atoms with Crippen LogP contribution in [0.3, 0.4) is 0 Å². The van der Waals surface area contributed by atoms with Crippen LogP contribution in [0.5, 0.6) is 0 Å². The van der Waals surface area contributed by atoms with Crippen molar-refractivity contribution in [2.75, 3.05) is 20.3 Å². The Kier molecular flexibility index (Phi) is 4.87. The summed E-state index contributed by atoms with van der Waals surface area (Å²) in [5.74, 6) is 0.710. The van der Waals surface area contributed by atoms with Crippen molar-refractivity contribution in [2.45, 2.75) is 26.7 Å². The molecule has 3 heteroatoms. The molecule has 0 heterocycles. The number of nitrogens with one attached hydrogen (secondary N) is 1. The number of hydrogen-bond acceptors (Lipinski definition) is 3. The van der Waals surface area contributed by atoms with Gasteiger partial charge in [0.15, 0.2) is 0 Å². The number of methoxy groups -OCH3 is 1. The first-order valence-electron chi connectivity index (χ1n) is 5.84. The Morgan fingerprint density at radius 3 is 2.88 bits per heavy atom. The van der Waals surface area contributed by atoms with Gasteiger partial charge in [-0.25, -0.2) is 0 Å². The maximum Gasteiger partial charge on any atom is 0.0658 e. The van der Waals surface area contributed by atoms with Gasteiger partial charge < -0.3 is 10.1 Å². The van der Waals surface area contributed by atoms with Crippen molar-refractivity contribution in [3.8, 4) is 0 Å². The van der Waals surface area contributed by atoms with Crippen molar-refractivity contribution < 1.29 is 4.74 Å². The minimum absolute atomic E-state index is 0.257. The molecule has 0 amide bonds. The van der Waals surface area contributed by atoms with E-state index >= 15 is 0 Å². The summed E-state index contributed by atoms with van der Waals surface area (Å²) < 4.78 is 4.96. The number of rotatable bonds is 4. The monoisotopic (exact) mass is 222 g/mol. The molecule has 16 heavy (non-hydrogen) atoms. The maximum absolute atomic E-state index is 8.10. The average molecular weight is 222 g/mol. The van der Waals surface area contributed by atoms with Gasteiger partial charge in [-0.1, -0.05) is 19.1 Å². The van der Waals surface area contributed by atoms with Crippen LogP contribution >= 0.6 is 0 Å². The van der Waals surface area contributed by atoms with Crippen LogP contribution in [-0.4, -0.2) is 31.7 Å². The van der Waals surface area contributed by atoms with Crippen LogP contribution in [0.25, 0.3) is 0 Å². The number of allylic oxidation sites excluding steroid dienone is 1. The Morgan fingerprint density at radius 1 is 1.62 bits per heavy atom. The summed E-state index contributed by atoms with van der Waals surface area (Å²) in [5.41, 5.74) is 2.84. The first-order valence-corrected chi connectivity index (χ1v) is 5.84. The SMILES string of the molecule is C=C(C)C1CCC(=NCCOC)C(=N)C1C. The molecule has 1 saturated carbocycles. The van der Waals surface area contributed by atoms with Crippen LogP contribution in [0.2, 0.25) is 0 Å². The number of ether oxygens (including phenoxy) is 1. The van der Waals surface area contributed by atoms with Gasteiger partial charge in [-0.3, -0.25) is 4.99 Å². The largest absolute Gasteiger partial charge is 0.383 e. The van der Waals surface area contributed by atoms with Crippen molar-refractivity contribution >= 4 is 11.4 Å². The Labute approximate surface area is 98.1 Å². The van der Waals surface area contributed by atoms with Gasteiger partial charge in [0.1, 0.15) is 0 Å². The molecule has 1 aliphatic rings. The normalized spacial score (nSPS) is 28.4. The minimum Gasteiger partial charge on any atom is -0.383 e. The standard InChI is InChI=1S/C13H22N2O/c1-9(2)11-5-6-12(13(14)10(11)3)15-7-8-16-4/h10-11,14H,1,5-8H2,2-4H3. The second-order valence-electron chi connectivity index (χ2n) is 4.52. The fourth-order valence-electron chi connectivity index (χ4n) is 2.25. The molecule has 0 aromatic carbocycles. The summed E-state index contributed by atoms with van der Waals surface area (Å²) in [6.45, 7) is 9.47. The molecule has 0 saturated heterocycles. The lowest BCUT2D eigenvalue weighted by Gasteiger charge is -2.31. The Hall–Kier alpha value is -0.960. The van der Waals surface area contributed by atoms with E-state index in [2.05, 4.69) is 25.4 Å². The number of hydrogen-bond donors (Lipinski definition) is 1. The van der Waals surface area contributed by atoms with E-state index in [4.69, 9.17) is 10.1 Å². The van der Waals surface area contributed by atoms with E-state index in [0.717, 1.165) is 18.6 Å². The summed E-state index contributed by atoms with van der Waals surface area (Å²) >= 11 is 0. The predicted molar refractivity (Wildman–Crippen MR) is 68.6 cm³/mol. The highest BCUT2D eigenvalue weighted by Gasteiger charge is 2.29. The molecule has 1 aliphatic carbocycles. The third kappa shape index (κ3) is 3.01. The quantitative estimate of drug-likeness (QED) is 0.577. The second kappa shape index (κ2) is 5.94. The van der Waals surface area contributed by atoms with Gasteiger partial charge in [0.05, 0.1) is 24.6 Å².